The number of nitrogens with zero attached hydrogens (tertiary/aromatic N) is 2. The minimum atomic E-state index is -1.07. The average Bonchev–Trinajstić information content (AvgIpc) is 2.38. The first-order valence-corrected chi connectivity index (χ1v) is 6.72. The van der Waals surface area contributed by atoms with E-state index in [0.29, 0.717) is 18.1 Å². The summed E-state index contributed by atoms with van der Waals surface area (Å²) in [5.74, 6) is -0.605. The molecule has 0 bridgehead atoms. The molecule has 0 fully saturated rings. The van der Waals surface area contributed by atoms with Crippen LogP contribution in [-0.4, -0.2) is 23.1 Å². The largest absolute Gasteiger partial charge is 0.477 e. The van der Waals surface area contributed by atoms with Crippen LogP contribution in [0.1, 0.15) is 16.1 Å². The molecule has 104 valence electrons. The van der Waals surface area contributed by atoms with Crippen LogP contribution in [0, 0.1) is 0 Å². The van der Waals surface area contributed by atoms with Crippen LogP contribution in [0.2, 0.25) is 0 Å². The van der Waals surface area contributed by atoms with Crippen molar-refractivity contribution in [3.8, 4) is 0 Å². The first-order valence-electron chi connectivity index (χ1n) is 5.93. The van der Waals surface area contributed by atoms with Gasteiger partial charge in [-0.15, -0.1) is 0 Å². The minimum Gasteiger partial charge on any atom is -0.477 e. The van der Waals surface area contributed by atoms with E-state index in [1.165, 1.54) is 6.07 Å². The van der Waals surface area contributed by atoms with E-state index >= 15 is 0 Å². The summed E-state index contributed by atoms with van der Waals surface area (Å²) in [6, 6.07) is 10.8. The van der Waals surface area contributed by atoms with E-state index in [0.717, 1.165) is 10.0 Å². The number of anilines is 2. The highest BCUT2D eigenvalue weighted by Gasteiger charge is 2.12. The molecule has 2 aromatic rings. The Labute approximate surface area is 125 Å². The fourth-order valence-electron chi connectivity index (χ4n) is 1.87. The number of nitrogens with two attached hydrogens (primary N) is 1. The molecule has 6 heteroatoms. The molecule has 3 N–H and O–H groups in total. The van der Waals surface area contributed by atoms with Crippen LogP contribution in [-0.2, 0) is 6.54 Å². The van der Waals surface area contributed by atoms with Crippen molar-refractivity contribution < 1.29 is 9.90 Å². The predicted octanol–water partition coefficient (Wildman–Crippen LogP) is 2.76. The van der Waals surface area contributed by atoms with Gasteiger partial charge in [-0.1, -0.05) is 28.1 Å². The van der Waals surface area contributed by atoms with Crippen molar-refractivity contribution in [1.29, 1.82) is 0 Å². The Morgan fingerprint density at radius 2 is 2.15 bits per heavy atom. The Hall–Kier alpha value is -2.08. The molecule has 1 aromatic carbocycles. The molecule has 1 aromatic heterocycles. The number of carboxylic acid groups (broad SMARTS) is 1. The number of hydrogen-bond donors (Lipinski definition) is 2. The summed E-state index contributed by atoms with van der Waals surface area (Å²) in [5.41, 5.74) is 7.37. The molecular weight excluding hydrogens is 322 g/mol. The van der Waals surface area contributed by atoms with E-state index in [1.807, 2.05) is 36.2 Å². The molecule has 0 saturated heterocycles. The van der Waals surface area contributed by atoms with Crippen LogP contribution in [0.25, 0.3) is 0 Å². The number of rotatable bonds is 4. The van der Waals surface area contributed by atoms with Crippen molar-refractivity contribution in [2.24, 2.45) is 0 Å². The summed E-state index contributed by atoms with van der Waals surface area (Å²) < 4.78 is 0.989. The number of benzene rings is 1. The normalized spacial score (nSPS) is 10.3. The van der Waals surface area contributed by atoms with Crippen LogP contribution in [0.3, 0.4) is 0 Å². The lowest BCUT2D eigenvalue weighted by molar-refractivity contribution is 0.0690. The molecule has 0 unspecified atom stereocenters. The van der Waals surface area contributed by atoms with Gasteiger partial charge in [0.25, 0.3) is 0 Å². The van der Waals surface area contributed by atoms with Crippen molar-refractivity contribution in [3.63, 3.8) is 0 Å². The standard InChI is InChI=1S/C14H14BrN3O2/c1-18(8-9-3-2-4-10(15)7-9)13-11(16)5-6-12(17-13)14(19)20/h2-7H,8,16H2,1H3,(H,19,20). The lowest BCUT2D eigenvalue weighted by atomic mass is 10.2. The maximum absolute atomic E-state index is 11.0. The molecule has 5 nitrogen and oxygen atoms in total. The highest BCUT2D eigenvalue weighted by Crippen LogP contribution is 2.22. The third-order valence-electron chi connectivity index (χ3n) is 2.79. The second-order valence-electron chi connectivity index (χ2n) is 4.40. The summed E-state index contributed by atoms with van der Waals surface area (Å²) in [6.07, 6.45) is 0. The lowest BCUT2D eigenvalue weighted by Crippen LogP contribution is -2.20. The highest BCUT2D eigenvalue weighted by molar-refractivity contribution is 9.10. The second-order valence-corrected chi connectivity index (χ2v) is 5.32. The zero-order valence-electron chi connectivity index (χ0n) is 10.9. The van der Waals surface area contributed by atoms with Gasteiger partial charge in [0.1, 0.15) is 0 Å². The fraction of sp³-hybridized carbons (Fsp3) is 0.143. The highest BCUT2D eigenvalue weighted by atomic mass is 79.9. The van der Waals surface area contributed by atoms with E-state index in [2.05, 4.69) is 20.9 Å². The van der Waals surface area contributed by atoms with Gasteiger partial charge in [-0.25, -0.2) is 9.78 Å². The summed E-state index contributed by atoms with van der Waals surface area (Å²) in [7, 11) is 1.82. The van der Waals surface area contributed by atoms with E-state index < -0.39 is 5.97 Å². The van der Waals surface area contributed by atoms with E-state index in [-0.39, 0.29) is 5.69 Å². The molecule has 0 saturated carbocycles. The van der Waals surface area contributed by atoms with Gasteiger partial charge in [0.2, 0.25) is 0 Å². The second kappa shape index (κ2) is 5.92. The van der Waals surface area contributed by atoms with Gasteiger partial charge in [0.15, 0.2) is 11.5 Å². The zero-order valence-corrected chi connectivity index (χ0v) is 12.5. The Morgan fingerprint density at radius 3 is 2.80 bits per heavy atom. The molecule has 0 atom stereocenters. The van der Waals surface area contributed by atoms with Gasteiger partial charge in [-0.3, -0.25) is 0 Å². The molecule has 0 aliphatic heterocycles. The first-order chi connectivity index (χ1) is 9.47. The van der Waals surface area contributed by atoms with E-state index in [1.54, 1.807) is 6.07 Å². The van der Waals surface area contributed by atoms with Crippen LogP contribution >= 0.6 is 15.9 Å². The zero-order chi connectivity index (χ0) is 14.7. The topological polar surface area (TPSA) is 79.5 Å². The van der Waals surface area contributed by atoms with Crippen molar-refractivity contribution >= 4 is 33.4 Å². The van der Waals surface area contributed by atoms with Gasteiger partial charge in [0.05, 0.1) is 5.69 Å². The molecule has 2 rings (SSSR count). The molecule has 0 radical (unpaired) electrons. The Morgan fingerprint density at radius 1 is 1.40 bits per heavy atom. The first kappa shape index (κ1) is 14.3. The lowest BCUT2D eigenvalue weighted by Gasteiger charge is -2.20. The van der Waals surface area contributed by atoms with Crippen molar-refractivity contribution in [2.45, 2.75) is 6.54 Å². The van der Waals surface area contributed by atoms with Crippen molar-refractivity contribution in [3.05, 3.63) is 52.1 Å². The van der Waals surface area contributed by atoms with Gasteiger partial charge >= 0.3 is 5.97 Å². The molecule has 0 aliphatic rings. The molecular formula is C14H14BrN3O2. The Bertz CT molecular complexity index is 646. The van der Waals surface area contributed by atoms with Crippen LogP contribution in [0.4, 0.5) is 11.5 Å². The summed E-state index contributed by atoms with van der Waals surface area (Å²) >= 11 is 3.42. The third kappa shape index (κ3) is 3.27. The summed E-state index contributed by atoms with van der Waals surface area (Å²) in [5, 5.41) is 8.98. The summed E-state index contributed by atoms with van der Waals surface area (Å²) in [4.78, 5) is 16.9. The van der Waals surface area contributed by atoms with E-state index in [9.17, 15) is 4.79 Å². The molecule has 0 aliphatic carbocycles. The van der Waals surface area contributed by atoms with Gasteiger partial charge in [-0.05, 0) is 29.8 Å². The number of pyridine rings is 1. The smallest absolute Gasteiger partial charge is 0.354 e. The molecule has 0 spiro atoms. The number of nitrogen functional groups attached to an aromatic ring is 1. The van der Waals surface area contributed by atoms with Crippen LogP contribution in [0.15, 0.2) is 40.9 Å². The predicted molar refractivity (Wildman–Crippen MR) is 81.9 cm³/mol. The third-order valence-corrected chi connectivity index (χ3v) is 3.29. The van der Waals surface area contributed by atoms with E-state index in [4.69, 9.17) is 10.8 Å². The number of halogens is 1. The van der Waals surface area contributed by atoms with Crippen LogP contribution in [0.5, 0.6) is 0 Å². The fourth-order valence-corrected chi connectivity index (χ4v) is 2.31. The quantitative estimate of drug-likeness (QED) is 0.897. The van der Waals surface area contributed by atoms with Gasteiger partial charge in [-0.2, -0.15) is 0 Å². The summed E-state index contributed by atoms with van der Waals surface area (Å²) in [6.45, 7) is 0.583. The number of carbonyl (C=O) groups is 1. The maximum Gasteiger partial charge on any atom is 0.354 e. The number of carboxylic acids is 1. The monoisotopic (exact) mass is 335 g/mol. The molecule has 1 heterocycles. The van der Waals surface area contributed by atoms with Gasteiger partial charge < -0.3 is 15.7 Å². The maximum atomic E-state index is 11.0. The van der Waals surface area contributed by atoms with Gasteiger partial charge in [0, 0.05) is 18.1 Å². The SMILES string of the molecule is CN(Cc1cccc(Br)c1)c1nc(C(=O)O)ccc1N. The molecule has 0 amide bonds. The average molecular weight is 336 g/mol. The van der Waals surface area contributed by atoms with Crippen molar-refractivity contribution in [2.75, 3.05) is 17.7 Å². The Kier molecular flexibility index (Phi) is 4.24. The van der Waals surface area contributed by atoms with Crippen molar-refractivity contribution in [1.82, 2.24) is 4.98 Å². The number of aromatic nitrogens is 1. The molecule has 20 heavy (non-hydrogen) atoms. The number of hydrogen-bond acceptors (Lipinski definition) is 4. The minimum absolute atomic E-state index is 0.0182. The van der Waals surface area contributed by atoms with Crippen LogP contribution < -0.4 is 10.6 Å². The number of aromatic carboxylic acids is 1. The Balaban J connectivity index is 2.26.